The first-order chi connectivity index (χ1) is 12.2. The Kier molecular flexibility index (Phi) is 4.83. The molecule has 1 aliphatic rings. The molecule has 0 amide bonds. The Balaban J connectivity index is 2.05. The predicted octanol–water partition coefficient (Wildman–Crippen LogP) is 5.78. The van der Waals surface area contributed by atoms with Crippen LogP contribution in [0.1, 0.15) is 55.4 Å². The summed E-state index contributed by atoms with van der Waals surface area (Å²) in [7, 11) is 3.91. The van der Waals surface area contributed by atoms with Gasteiger partial charge in [0.1, 0.15) is 5.75 Å². The maximum Gasteiger partial charge on any atom is 0.129 e. The van der Waals surface area contributed by atoms with Crippen molar-refractivity contribution in [1.82, 2.24) is 0 Å². The highest BCUT2D eigenvalue weighted by molar-refractivity contribution is 5.88. The third-order valence-corrected chi connectivity index (χ3v) is 5.69. The minimum atomic E-state index is 0.145. The molecule has 3 nitrogen and oxygen atoms in total. The van der Waals surface area contributed by atoms with Gasteiger partial charge in [0.15, 0.2) is 0 Å². The molecular formula is C23H30N2O. The summed E-state index contributed by atoms with van der Waals surface area (Å²) in [5.41, 5.74) is 7.22. The van der Waals surface area contributed by atoms with Crippen molar-refractivity contribution in [3.8, 4) is 5.75 Å². The Bertz CT molecular complexity index is 852. The zero-order valence-electron chi connectivity index (χ0n) is 17.1. The normalized spacial score (nSPS) is 18.9. The number of benzene rings is 2. The van der Waals surface area contributed by atoms with E-state index in [4.69, 9.17) is 9.73 Å². The van der Waals surface area contributed by atoms with E-state index in [0.29, 0.717) is 5.92 Å². The Morgan fingerprint density at radius 2 is 1.92 bits per heavy atom. The van der Waals surface area contributed by atoms with E-state index in [1.807, 2.05) is 6.21 Å². The second kappa shape index (κ2) is 6.79. The highest BCUT2D eigenvalue weighted by Crippen LogP contribution is 2.44. The van der Waals surface area contributed by atoms with Crippen LogP contribution >= 0.6 is 0 Å². The lowest BCUT2D eigenvalue weighted by atomic mass is 9.80. The molecule has 1 unspecified atom stereocenters. The molecule has 0 radical (unpaired) electrons. The molecular weight excluding hydrogens is 320 g/mol. The van der Waals surface area contributed by atoms with Crippen LogP contribution in [0.2, 0.25) is 0 Å². The van der Waals surface area contributed by atoms with Crippen molar-refractivity contribution in [2.24, 2.45) is 4.99 Å². The Morgan fingerprint density at radius 3 is 2.62 bits per heavy atom. The largest absolute Gasteiger partial charge is 0.496 e. The molecule has 3 heteroatoms. The first-order valence-electron chi connectivity index (χ1n) is 9.30. The summed E-state index contributed by atoms with van der Waals surface area (Å²) in [6, 6.07) is 10.8. The van der Waals surface area contributed by atoms with Crippen molar-refractivity contribution in [2.75, 3.05) is 19.1 Å². The van der Waals surface area contributed by atoms with Gasteiger partial charge in [-0.05, 0) is 68.9 Å². The number of aryl methyl sites for hydroxylation is 2. The van der Waals surface area contributed by atoms with Gasteiger partial charge in [0.2, 0.25) is 0 Å². The monoisotopic (exact) mass is 350 g/mol. The van der Waals surface area contributed by atoms with Crippen molar-refractivity contribution in [3.63, 3.8) is 0 Å². The van der Waals surface area contributed by atoms with Crippen molar-refractivity contribution in [1.29, 1.82) is 0 Å². The van der Waals surface area contributed by atoms with Gasteiger partial charge < -0.3 is 9.64 Å². The minimum Gasteiger partial charge on any atom is -0.496 e. The summed E-state index contributed by atoms with van der Waals surface area (Å²) in [6.45, 7) is 11.1. The minimum absolute atomic E-state index is 0.145. The molecule has 138 valence electrons. The van der Waals surface area contributed by atoms with Crippen LogP contribution in [-0.4, -0.2) is 25.9 Å². The maximum atomic E-state index is 5.69. The lowest BCUT2D eigenvalue weighted by Gasteiger charge is -2.45. The van der Waals surface area contributed by atoms with E-state index < -0.39 is 0 Å². The van der Waals surface area contributed by atoms with Crippen LogP contribution in [0.4, 0.5) is 11.4 Å². The Morgan fingerprint density at radius 1 is 1.19 bits per heavy atom. The zero-order chi connectivity index (χ0) is 19.1. The van der Waals surface area contributed by atoms with E-state index in [1.165, 1.54) is 22.4 Å². The van der Waals surface area contributed by atoms with Gasteiger partial charge in [-0.25, -0.2) is 0 Å². The average molecular weight is 351 g/mol. The fraction of sp³-hybridized carbons (Fsp3) is 0.435. The third kappa shape index (κ3) is 3.35. The van der Waals surface area contributed by atoms with Crippen LogP contribution in [0.5, 0.6) is 5.75 Å². The molecule has 0 fully saturated rings. The van der Waals surface area contributed by atoms with Crippen LogP contribution in [0.25, 0.3) is 0 Å². The molecule has 2 aromatic rings. The number of ether oxygens (including phenoxy) is 1. The molecule has 0 N–H and O–H groups in total. The second-order valence-electron chi connectivity index (χ2n) is 8.18. The van der Waals surface area contributed by atoms with Crippen molar-refractivity contribution in [2.45, 2.75) is 52.5 Å². The molecule has 0 aliphatic carbocycles. The second-order valence-corrected chi connectivity index (χ2v) is 8.18. The fourth-order valence-electron chi connectivity index (χ4n) is 3.89. The zero-order valence-corrected chi connectivity index (χ0v) is 17.1. The molecule has 1 aliphatic heterocycles. The average Bonchev–Trinajstić information content (AvgIpc) is 2.59. The number of hydrogen-bond donors (Lipinski definition) is 0. The standard InChI is InChI=1S/C23H30N2O/c1-15-8-9-16(2)20(10-15)24-14-18-11-19-17(3)13-23(4,5)25(6)21(19)12-22(18)26-7/h8-12,14,17H,13H2,1-7H3. The van der Waals surface area contributed by atoms with E-state index in [0.717, 1.165) is 23.4 Å². The molecule has 0 spiro atoms. The molecule has 0 saturated carbocycles. The number of methoxy groups -OCH3 is 1. The van der Waals surface area contributed by atoms with Crippen LogP contribution in [0.3, 0.4) is 0 Å². The van der Waals surface area contributed by atoms with Gasteiger partial charge in [0, 0.05) is 36.1 Å². The van der Waals surface area contributed by atoms with Crippen molar-refractivity contribution >= 4 is 17.6 Å². The van der Waals surface area contributed by atoms with Crippen LogP contribution in [-0.2, 0) is 0 Å². The number of fused-ring (bicyclic) bond motifs is 1. The molecule has 2 aromatic carbocycles. The van der Waals surface area contributed by atoms with Gasteiger partial charge in [-0.2, -0.15) is 0 Å². The highest BCUT2D eigenvalue weighted by atomic mass is 16.5. The van der Waals surface area contributed by atoms with Gasteiger partial charge in [-0.3, -0.25) is 4.99 Å². The van der Waals surface area contributed by atoms with Gasteiger partial charge in [0.25, 0.3) is 0 Å². The summed E-state index contributed by atoms with van der Waals surface area (Å²) in [5.74, 6) is 1.38. The SMILES string of the molecule is COc1cc2c(cc1C=Nc1cc(C)ccc1C)C(C)CC(C)(C)N2C. The molecule has 1 atom stereocenters. The van der Waals surface area contributed by atoms with E-state index in [9.17, 15) is 0 Å². The number of rotatable bonds is 3. The number of aliphatic imine (C=N–C) groups is 1. The van der Waals surface area contributed by atoms with Crippen LogP contribution in [0, 0.1) is 13.8 Å². The summed E-state index contributed by atoms with van der Waals surface area (Å²) < 4.78 is 5.69. The van der Waals surface area contributed by atoms with E-state index >= 15 is 0 Å². The molecule has 1 heterocycles. The Labute approximate surface area is 157 Å². The summed E-state index contributed by atoms with van der Waals surface area (Å²) in [4.78, 5) is 7.12. The smallest absolute Gasteiger partial charge is 0.129 e. The molecule has 0 bridgehead atoms. The first kappa shape index (κ1) is 18.5. The molecule has 0 aromatic heterocycles. The Hall–Kier alpha value is -2.29. The quantitative estimate of drug-likeness (QED) is 0.655. The molecule has 3 rings (SSSR count). The lowest BCUT2D eigenvalue weighted by molar-refractivity contribution is 0.389. The number of nitrogens with zero attached hydrogens (tertiary/aromatic N) is 2. The van der Waals surface area contributed by atoms with Crippen LogP contribution in [0.15, 0.2) is 35.3 Å². The number of anilines is 1. The topological polar surface area (TPSA) is 24.8 Å². The lowest BCUT2D eigenvalue weighted by Crippen LogP contribution is -2.45. The van der Waals surface area contributed by atoms with Crippen molar-refractivity contribution in [3.05, 3.63) is 52.6 Å². The highest BCUT2D eigenvalue weighted by Gasteiger charge is 2.34. The molecule has 26 heavy (non-hydrogen) atoms. The maximum absolute atomic E-state index is 5.69. The number of hydrogen-bond acceptors (Lipinski definition) is 3. The summed E-state index contributed by atoms with van der Waals surface area (Å²) >= 11 is 0. The van der Waals surface area contributed by atoms with Gasteiger partial charge in [-0.15, -0.1) is 0 Å². The van der Waals surface area contributed by atoms with E-state index in [2.05, 4.69) is 76.9 Å². The van der Waals surface area contributed by atoms with Crippen molar-refractivity contribution < 1.29 is 4.74 Å². The first-order valence-corrected chi connectivity index (χ1v) is 9.30. The van der Waals surface area contributed by atoms with Gasteiger partial charge in [0.05, 0.1) is 12.8 Å². The van der Waals surface area contributed by atoms with Gasteiger partial charge >= 0.3 is 0 Å². The fourth-order valence-corrected chi connectivity index (χ4v) is 3.89. The summed E-state index contributed by atoms with van der Waals surface area (Å²) in [5, 5.41) is 0. The predicted molar refractivity (Wildman–Crippen MR) is 112 cm³/mol. The third-order valence-electron chi connectivity index (χ3n) is 5.69. The van der Waals surface area contributed by atoms with E-state index in [1.54, 1.807) is 7.11 Å². The molecule has 0 saturated heterocycles. The van der Waals surface area contributed by atoms with Crippen LogP contribution < -0.4 is 9.64 Å². The summed E-state index contributed by atoms with van der Waals surface area (Å²) in [6.07, 6.45) is 3.07. The van der Waals surface area contributed by atoms with E-state index in [-0.39, 0.29) is 5.54 Å². The van der Waals surface area contributed by atoms with Gasteiger partial charge in [-0.1, -0.05) is 19.1 Å².